The smallest absolute Gasteiger partial charge is 0.0817 e. The van der Waals surface area contributed by atoms with Crippen molar-refractivity contribution in [1.29, 1.82) is 0 Å². The van der Waals surface area contributed by atoms with Crippen molar-refractivity contribution in [2.24, 2.45) is 0 Å². The van der Waals surface area contributed by atoms with Gasteiger partial charge in [0.25, 0.3) is 0 Å². The summed E-state index contributed by atoms with van der Waals surface area (Å²) in [6, 6.07) is 2.88. The summed E-state index contributed by atoms with van der Waals surface area (Å²) in [5, 5.41) is 8.84. The fraction of sp³-hybridized carbons (Fsp3) is 0.667. The van der Waals surface area contributed by atoms with E-state index in [1.165, 1.54) is 12.8 Å². The molecule has 16 heavy (non-hydrogen) atoms. The predicted molar refractivity (Wildman–Crippen MR) is 65.5 cm³/mol. The van der Waals surface area contributed by atoms with Gasteiger partial charge >= 0.3 is 0 Å². The number of hydrogen-bond donors (Lipinski definition) is 0. The summed E-state index contributed by atoms with van der Waals surface area (Å²) in [6.45, 7) is 5.61. The molecule has 1 aliphatic heterocycles. The molecule has 2 heterocycles. The Labute approximate surface area is 102 Å². The first kappa shape index (κ1) is 11.8. The van der Waals surface area contributed by atoms with E-state index in [0.717, 1.165) is 18.7 Å². The molecule has 0 aliphatic carbocycles. The van der Waals surface area contributed by atoms with E-state index >= 15 is 0 Å². The van der Waals surface area contributed by atoms with Gasteiger partial charge in [-0.05, 0) is 39.3 Å². The molecular formula is C12H18ClN3. The molecule has 1 aromatic heterocycles. The summed E-state index contributed by atoms with van der Waals surface area (Å²) < 4.78 is 0. The van der Waals surface area contributed by atoms with Gasteiger partial charge in [-0.15, -0.1) is 0 Å². The minimum Gasteiger partial charge on any atom is -0.292 e. The molecule has 1 fully saturated rings. The zero-order valence-corrected chi connectivity index (χ0v) is 10.6. The maximum absolute atomic E-state index is 5.97. The second-order valence-corrected chi connectivity index (χ2v) is 5.08. The van der Waals surface area contributed by atoms with E-state index in [1.54, 1.807) is 6.20 Å². The van der Waals surface area contributed by atoms with Gasteiger partial charge in [-0.2, -0.15) is 10.2 Å². The lowest BCUT2D eigenvalue weighted by Gasteiger charge is -2.38. The quantitative estimate of drug-likeness (QED) is 0.794. The zero-order valence-electron chi connectivity index (χ0n) is 9.86. The fourth-order valence-corrected chi connectivity index (χ4v) is 2.57. The van der Waals surface area contributed by atoms with Crippen LogP contribution in [0.3, 0.4) is 0 Å². The molecule has 0 saturated carbocycles. The molecule has 0 N–H and O–H groups in total. The van der Waals surface area contributed by atoms with Crippen molar-refractivity contribution < 1.29 is 0 Å². The third-order valence-electron chi connectivity index (χ3n) is 3.19. The number of hydrogen-bond acceptors (Lipinski definition) is 3. The van der Waals surface area contributed by atoms with Gasteiger partial charge < -0.3 is 0 Å². The molecule has 0 bridgehead atoms. The van der Waals surface area contributed by atoms with Crippen LogP contribution in [-0.2, 0) is 0 Å². The monoisotopic (exact) mass is 239 g/mol. The molecule has 1 unspecified atom stereocenters. The van der Waals surface area contributed by atoms with E-state index in [2.05, 4.69) is 28.9 Å². The lowest BCUT2D eigenvalue weighted by Crippen LogP contribution is -2.38. The Morgan fingerprint density at radius 1 is 1.44 bits per heavy atom. The zero-order chi connectivity index (χ0) is 11.5. The number of aromatic nitrogens is 2. The van der Waals surface area contributed by atoms with Crippen molar-refractivity contribution in [3.63, 3.8) is 0 Å². The maximum atomic E-state index is 5.97. The van der Waals surface area contributed by atoms with Crippen molar-refractivity contribution >= 4 is 11.6 Å². The van der Waals surface area contributed by atoms with Gasteiger partial charge in [0.2, 0.25) is 0 Å². The van der Waals surface area contributed by atoms with Crippen LogP contribution in [-0.4, -0.2) is 27.7 Å². The van der Waals surface area contributed by atoms with Crippen LogP contribution in [0.1, 0.15) is 44.8 Å². The molecule has 1 saturated heterocycles. The molecule has 1 aromatic rings. The third kappa shape index (κ3) is 2.53. The predicted octanol–water partition coefficient (Wildman–Crippen LogP) is 3.07. The standard InChI is InChI=1S/C12H18ClN3/c1-9(2)16-6-4-3-5-12(16)11-7-10(13)8-14-15-11/h7-9,12H,3-6H2,1-2H3. The number of piperidine rings is 1. The van der Waals surface area contributed by atoms with Crippen LogP contribution in [0, 0.1) is 0 Å². The first-order chi connectivity index (χ1) is 7.68. The van der Waals surface area contributed by atoms with Gasteiger partial charge in [0.05, 0.1) is 23.0 Å². The number of likely N-dealkylation sites (tertiary alicyclic amines) is 1. The lowest BCUT2D eigenvalue weighted by atomic mass is 9.97. The van der Waals surface area contributed by atoms with E-state index in [9.17, 15) is 0 Å². The number of nitrogens with zero attached hydrogens (tertiary/aromatic N) is 3. The van der Waals surface area contributed by atoms with E-state index in [0.29, 0.717) is 17.1 Å². The van der Waals surface area contributed by atoms with Crippen molar-refractivity contribution in [2.75, 3.05) is 6.54 Å². The number of rotatable bonds is 2. The van der Waals surface area contributed by atoms with Gasteiger partial charge in [-0.3, -0.25) is 4.90 Å². The average Bonchev–Trinajstić information content (AvgIpc) is 2.29. The van der Waals surface area contributed by atoms with Crippen molar-refractivity contribution in [3.8, 4) is 0 Å². The van der Waals surface area contributed by atoms with Crippen molar-refractivity contribution in [3.05, 3.63) is 23.0 Å². The van der Waals surface area contributed by atoms with E-state index in [4.69, 9.17) is 11.6 Å². The average molecular weight is 240 g/mol. The minimum atomic E-state index is 0.389. The molecule has 1 aliphatic rings. The third-order valence-corrected chi connectivity index (χ3v) is 3.40. The molecule has 0 radical (unpaired) electrons. The Hall–Kier alpha value is -0.670. The summed E-state index contributed by atoms with van der Waals surface area (Å²) in [5.74, 6) is 0. The second-order valence-electron chi connectivity index (χ2n) is 4.64. The Morgan fingerprint density at radius 3 is 2.94 bits per heavy atom. The Kier molecular flexibility index (Phi) is 3.77. The van der Waals surface area contributed by atoms with Gasteiger partial charge in [0, 0.05) is 6.04 Å². The first-order valence-corrected chi connectivity index (χ1v) is 6.30. The molecule has 4 heteroatoms. The highest BCUT2D eigenvalue weighted by Gasteiger charge is 2.27. The van der Waals surface area contributed by atoms with Crippen LogP contribution in [0.5, 0.6) is 0 Å². The van der Waals surface area contributed by atoms with Gasteiger partial charge in [-0.25, -0.2) is 0 Å². The summed E-state index contributed by atoms with van der Waals surface area (Å²) in [4.78, 5) is 2.49. The van der Waals surface area contributed by atoms with Gasteiger partial charge in [0.15, 0.2) is 0 Å². The number of halogens is 1. The summed E-state index contributed by atoms with van der Waals surface area (Å²) >= 11 is 5.97. The van der Waals surface area contributed by atoms with Crippen LogP contribution >= 0.6 is 11.6 Å². The molecular weight excluding hydrogens is 222 g/mol. The normalized spacial score (nSPS) is 22.6. The molecule has 1 atom stereocenters. The Balaban J connectivity index is 2.23. The summed E-state index contributed by atoms with van der Waals surface area (Å²) in [5.41, 5.74) is 1.01. The van der Waals surface area contributed by atoms with Crippen LogP contribution < -0.4 is 0 Å². The summed E-state index contributed by atoms with van der Waals surface area (Å²) in [7, 11) is 0. The summed E-state index contributed by atoms with van der Waals surface area (Å²) in [6.07, 6.45) is 5.30. The van der Waals surface area contributed by atoms with Crippen LogP contribution in [0.25, 0.3) is 0 Å². The molecule has 0 spiro atoms. The molecule has 2 rings (SSSR count). The molecule has 0 aromatic carbocycles. The second kappa shape index (κ2) is 5.11. The molecule has 0 amide bonds. The highest BCUT2D eigenvalue weighted by molar-refractivity contribution is 6.30. The van der Waals surface area contributed by atoms with Crippen LogP contribution in [0.15, 0.2) is 12.3 Å². The van der Waals surface area contributed by atoms with E-state index in [1.807, 2.05) is 6.07 Å². The topological polar surface area (TPSA) is 29.0 Å². The lowest BCUT2D eigenvalue weighted by molar-refractivity contribution is 0.108. The molecule has 88 valence electrons. The minimum absolute atomic E-state index is 0.389. The maximum Gasteiger partial charge on any atom is 0.0817 e. The Morgan fingerprint density at radius 2 is 2.25 bits per heavy atom. The SMILES string of the molecule is CC(C)N1CCCCC1c1cc(Cl)cnn1. The first-order valence-electron chi connectivity index (χ1n) is 5.92. The van der Waals surface area contributed by atoms with Crippen LogP contribution in [0.2, 0.25) is 5.02 Å². The van der Waals surface area contributed by atoms with Crippen LogP contribution in [0.4, 0.5) is 0 Å². The fourth-order valence-electron chi connectivity index (χ4n) is 2.41. The highest BCUT2D eigenvalue weighted by Crippen LogP contribution is 2.31. The van der Waals surface area contributed by atoms with Crippen molar-refractivity contribution in [2.45, 2.75) is 45.2 Å². The van der Waals surface area contributed by atoms with Crippen molar-refractivity contribution in [1.82, 2.24) is 15.1 Å². The van der Waals surface area contributed by atoms with E-state index in [-0.39, 0.29) is 0 Å². The van der Waals surface area contributed by atoms with E-state index < -0.39 is 0 Å². The highest BCUT2D eigenvalue weighted by atomic mass is 35.5. The Bertz CT molecular complexity index is 354. The molecule has 3 nitrogen and oxygen atoms in total. The van der Waals surface area contributed by atoms with Gasteiger partial charge in [-0.1, -0.05) is 18.0 Å². The van der Waals surface area contributed by atoms with Gasteiger partial charge in [0.1, 0.15) is 0 Å². The largest absolute Gasteiger partial charge is 0.292 e.